The maximum absolute atomic E-state index is 13.6. The molecule has 0 aliphatic rings. The molecule has 6 heteroatoms. The molecule has 0 aliphatic carbocycles. The Morgan fingerprint density at radius 1 is 1.53 bits per heavy atom. The second kappa shape index (κ2) is 7.48. The van der Waals surface area contributed by atoms with E-state index in [1.165, 1.54) is 0 Å². The van der Waals surface area contributed by atoms with Crippen molar-refractivity contribution < 1.29 is 13.9 Å². The lowest BCUT2D eigenvalue weighted by Crippen LogP contribution is -2.31. The lowest BCUT2D eigenvalue weighted by Gasteiger charge is -2.16. The van der Waals surface area contributed by atoms with Crippen LogP contribution in [0.1, 0.15) is 18.5 Å². The first kappa shape index (κ1) is 16.2. The Bertz CT molecular complexity index is 376. The first-order valence-corrected chi connectivity index (χ1v) is 5.26. The molecule has 2 N–H and O–H groups in total. The first-order valence-electron chi connectivity index (χ1n) is 4.88. The molecule has 96 valence electrons. The third-order valence-corrected chi connectivity index (χ3v) is 2.44. The van der Waals surface area contributed by atoms with E-state index in [1.807, 2.05) is 0 Å². The average Bonchev–Trinajstić information content (AvgIpc) is 2.28. The second-order valence-corrected chi connectivity index (χ2v) is 3.61. The van der Waals surface area contributed by atoms with Gasteiger partial charge in [0.15, 0.2) is 0 Å². The van der Waals surface area contributed by atoms with Gasteiger partial charge in [0.05, 0.1) is 12.6 Å². The van der Waals surface area contributed by atoms with E-state index < -0.39 is 18.2 Å². The molecule has 0 radical (unpaired) electrons. The monoisotopic (exact) mass is 281 g/mol. The van der Waals surface area contributed by atoms with Crippen molar-refractivity contribution in [2.24, 2.45) is 5.73 Å². The van der Waals surface area contributed by atoms with Crippen LogP contribution >= 0.6 is 24.0 Å². The molecule has 0 saturated carbocycles. The van der Waals surface area contributed by atoms with Gasteiger partial charge in [0.25, 0.3) is 0 Å². The Morgan fingerprint density at radius 2 is 2.12 bits per heavy atom. The number of alkyl halides is 1. The smallest absolute Gasteiger partial charge is 0.342 e. The summed E-state index contributed by atoms with van der Waals surface area (Å²) in [7, 11) is 0. The standard InChI is InChI=1S/C11H13ClFNO2.ClH/c1-2-16-11(15)9(13)10(14)7-5-3-4-6-8(7)12;/h3-6,9-10H,2,14H2,1H3;1H/t9?,10-;/m1./s1. The van der Waals surface area contributed by atoms with Crippen LogP contribution in [-0.2, 0) is 9.53 Å². The average molecular weight is 282 g/mol. The van der Waals surface area contributed by atoms with Gasteiger partial charge in [-0.3, -0.25) is 0 Å². The van der Waals surface area contributed by atoms with Crippen LogP contribution in [0.15, 0.2) is 24.3 Å². The summed E-state index contributed by atoms with van der Waals surface area (Å²) >= 11 is 5.85. The third-order valence-electron chi connectivity index (χ3n) is 2.09. The lowest BCUT2D eigenvalue weighted by molar-refractivity contribution is -0.149. The van der Waals surface area contributed by atoms with Crippen LogP contribution in [0.2, 0.25) is 5.02 Å². The highest BCUT2D eigenvalue weighted by Gasteiger charge is 2.28. The fourth-order valence-corrected chi connectivity index (χ4v) is 1.53. The molecule has 2 atom stereocenters. The number of benzene rings is 1. The van der Waals surface area contributed by atoms with Crippen LogP contribution in [0.4, 0.5) is 4.39 Å². The number of hydrogen-bond donors (Lipinski definition) is 1. The molecule has 1 aromatic carbocycles. The van der Waals surface area contributed by atoms with E-state index in [0.29, 0.717) is 10.6 Å². The molecule has 1 unspecified atom stereocenters. The van der Waals surface area contributed by atoms with E-state index in [2.05, 4.69) is 4.74 Å². The Hall–Kier alpha value is -0.840. The van der Waals surface area contributed by atoms with Gasteiger partial charge in [0, 0.05) is 5.02 Å². The van der Waals surface area contributed by atoms with E-state index in [9.17, 15) is 9.18 Å². The van der Waals surface area contributed by atoms with E-state index in [4.69, 9.17) is 17.3 Å². The SMILES string of the molecule is CCOC(=O)C(F)[C@H](N)c1ccccc1Cl.Cl. The number of ether oxygens (including phenoxy) is 1. The van der Waals surface area contributed by atoms with Crippen molar-refractivity contribution in [3.05, 3.63) is 34.9 Å². The van der Waals surface area contributed by atoms with Gasteiger partial charge in [0.2, 0.25) is 6.17 Å². The summed E-state index contributed by atoms with van der Waals surface area (Å²) in [6, 6.07) is 5.45. The lowest BCUT2D eigenvalue weighted by atomic mass is 10.0. The van der Waals surface area contributed by atoms with E-state index in [0.717, 1.165) is 0 Å². The molecular weight excluding hydrogens is 268 g/mol. The van der Waals surface area contributed by atoms with Crippen molar-refractivity contribution in [1.82, 2.24) is 0 Å². The number of nitrogens with two attached hydrogens (primary N) is 1. The summed E-state index contributed by atoms with van der Waals surface area (Å²) in [6.07, 6.45) is -1.90. The fourth-order valence-electron chi connectivity index (χ4n) is 1.27. The minimum Gasteiger partial charge on any atom is -0.464 e. The van der Waals surface area contributed by atoms with Crippen molar-refractivity contribution in [2.75, 3.05) is 6.61 Å². The van der Waals surface area contributed by atoms with Crippen LogP contribution in [-0.4, -0.2) is 18.7 Å². The van der Waals surface area contributed by atoms with Crippen molar-refractivity contribution in [3.8, 4) is 0 Å². The zero-order valence-electron chi connectivity index (χ0n) is 9.23. The molecule has 0 amide bonds. The minimum atomic E-state index is -1.90. The number of carbonyl (C=O) groups excluding carboxylic acids is 1. The zero-order chi connectivity index (χ0) is 12.1. The molecule has 0 aromatic heterocycles. The van der Waals surface area contributed by atoms with Crippen LogP contribution in [0.3, 0.4) is 0 Å². The van der Waals surface area contributed by atoms with E-state index >= 15 is 0 Å². The van der Waals surface area contributed by atoms with Gasteiger partial charge in [-0.15, -0.1) is 12.4 Å². The van der Waals surface area contributed by atoms with Gasteiger partial charge in [-0.2, -0.15) is 0 Å². The second-order valence-electron chi connectivity index (χ2n) is 3.20. The summed E-state index contributed by atoms with van der Waals surface area (Å²) < 4.78 is 18.1. The Morgan fingerprint density at radius 3 is 2.65 bits per heavy atom. The molecule has 0 spiro atoms. The van der Waals surface area contributed by atoms with Gasteiger partial charge < -0.3 is 10.5 Å². The molecule has 0 heterocycles. The zero-order valence-corrected chi connectivity index (χ0v) is 10.8. The van der Waals surface area contributed by atoms with Gasteiger partial charge in [0.1, 0.15) is 0 Å². The van der Waals surface area contributed by atoms with Crippen LogP contribution < -0.4 is 5.73 Å². The highest BCUT2D eigenvalue weighted by molar-refractivity contribution is 6.31. The normalized spacial score (nSPS) is 13.4. The van der Waals surface area contributed by atoms with Crippen LogP contribution in [0.5, 0.6) is 0 Å². The van der Waals surface area contributed by atoms with E-state index in [1.54, 1.807) is 31.2 Å². The molecule has 0 saturated heterocycles. The fraction of sp³-hybridized carbons (Fsp3) is 0.364. The van der Waals surface area contributed by atoms with Crippen molar-refractivity contribution >= 4 is 30.0 Å². The van der Waals surface area contributed by atoms with Gasteiger partial charge in [-0.05, 0) is 18.6 Å². The quantitative estimate of drug-likeness (QED) is 0.864. The topological polar surface area (TPSA) is 52.3 Å². The predicted octanol–water partition coefficient (Wildman–Crippen LogP) is 2.66. The summed E-state index contributed by atoms with van der Waals surface area (Å²) in [6.45, 7) is 1.72. The molecule has 0 aliphatic heterocycles. The Balaban J connectivity index is 0.00000256. The molecule has 0 bridgehead atoms. The highest BCUT2D eigenvalue weighted by Crippen LogP contribution is 2.25. The van der Waals surface area contributed by atoms with E-state index in [-0.39, 0.29) is 19.0 Å². The van der Waals surface area contributed by atoms with Crippen molar-refractivity contribution in [2.45, 2.75) is 19.1 Å². The molecule has 17 heavy (non-hydrogen) atoms. The Labute approximate surface area is 110 Å². The van der Waals surface area contributed by atoms with Gasteiger partial charge in [-0.1, -0.05) is 29.8 Å². The van der Waals surface area contributed by atoms with Gasteiger partial charge in [-0.25, -0.2) is 9.18 Å². The largest absolute Gasteiger partial charge is 0.464 e. The summed E-state index contributed by atoms with van der Waals surface area (Å²) in [5, 5.41) is 0.335. The maximum atomic E-state index is 13.6. The predicted molar refractivity (Wildman–Crippen MR) is 67.2 cm³/mol. The number of halogens is 3. The summed E-state index contributed by atoms with van der Waals surface area (Å²) in [4.78, 5) is 11.1. The number of carbonyl (C=O) groups is 1. The molecular formula is C11H14Cl2FNO2. The number of rotatable bonds is 4. The first-order chi connectivity index (χ1) is 7.57. The molecule has 1 rings (SSSR count). The van der Waals surface area contributed by atoms with Crippen LogP contribution in [0.25, 0.3) is 0 Å². The molecule has 3 nitrogen and oxygen atoms in total. The maximum Gasteiger partial charge on any atom is 0.342 e. The number of hydrogen-bond acceptors (Lipinski definition) is 3. The van der Waals surface area contributed by atoms with Crippen molar-refractivity contribution in [3.63, 3.8) is 0 Å². The molecule has 1 aromatic rings. The third kappa shape index (κ3) is 4.15. The Kier molecular flexibility index (Phi) is 7.11. The number of esters is 1. The minimum absolute atomic E-state index is 0. The van der Waals surface area contributed by atoms with Gasteiger partial charge >= 0.3 is 5.97 Å². The molecule has 0 fully saturated rings. The highest BCUT2D eigenvalue weighted by atomic mass is 35.5. The summed E-state index contributed by atoms with van der Waals surface area (Å²) in [5.41, 5.74) is 6.00. The summed E-state index contributed by atoms with van der Waals surface area (Å²) in [5.74, 6) is -0.963. The van der Waals surface area contributed by atoms with Crippen LogP contribution in [0, 0.1) is 0 Å². The van der Waals surface area contributed by atoms with Crippen molar-refractivity contribution in [1.29, 1.82) is 0 Å².